The third kappa shape index (κ3) is 13.6. The lowest BCUT2D eigenvalue weighted by Crippen LogP contribution is -2.37. The molecule has 0 radical (unpaired) electrons. The van der Waals surface area contributed by atoms with Crippen LogP contribution >= 0.6 is 34.8 Å². The highest BCUT2D eigenvalue weighted by atomic mass is 32.1. The summed E-state index contributed by atoms with van der Waals surface area (Å²) in [6.07, 6.45) is -3.01. The maximum absolute atomic E-state index is 14.4. The number of ether oxygens (including phenoxy) is 1. The number of aromatic nitrogens is 2. The molecule has 0 saturated carbocycles. The predicted molar refractivity (Wildman–Crippen MR) is 113 cm³/mol. The standard InChI is InChI=1S/C11H12FN6O2S.3H3O4P/c1-11(17-18-14)9(19)5(12)7(20-11)4-2-21-8-6(4)15-3-16-10(8)13;3*1-5(2,3)4/h2-3,5,7,9,14,19H,1H3,(H2,13,15,16);3*(H3,1,2,3,4)/q+1;;;/p-1/t5-,7-,9-,11+;;;/m0.../s1. The number of thiophene rings is 1. The molecule has 1 saturated heterocycles. The van der Waals surface area contributed by atoms with E-state index in [1.165, 1.54) is 24.6 Å². The highest BCUT2D eigenvalue weighted by Crippen LogP contribution is 2.45. The SMILES string of the molecule is C[C@@]1(N=[N+]=N)O[C@@H](c2csc3c(N)ncnc23)[C@H](F)[C@@H]1O.O=P(O)(O)O.O=P(O)(O)O.O=P([O-])(O)O. The van der Waals surface area contributed by atoms with Crippen molar-refractivity contribution in [1.29, 1.82) is 5.53 Å². The number of halogens is 1. The van der Waals surface area contributed by atoms with Crippen LogP contribution in [0.1, 0.15) is 18.6 Å². The molecule has 4 atom stereocenters. The largest absolute Gasteiger partial charge is 0.756 e. The van der Waals surface area contributed by atoms with Crippen molar-refractivity contribution in [1.82, 2.24) is 14.9 Å². The number of fused-ring (bicyclic) bond motifs is 1. The van der Waals surface area contributed by atoms with E-state index in [1.807, 2.05) is 0 Å². The molecular formula is C11H20FN6O14P3S. The second kappa shape index (κ2) is 13.2. The number of nitrogens with two attached hydrogens (primary N) is 1. The van der Waals surface area contributed by atoms with Crippen LogP contribution in [-0.2, 0) is 18.4 Å². The number of aliphatic hydroxyl groups is 1. The molecule has 0 spiro atoms. The quantitative estimate of drug-likeness (QED) is 0.0992. The fraction of sp³-hybridized carbons (Fsp3) is 0.455. The first-order valence-electron chi connectivity index (χ1n) is 8.37. The van der Waals surface area contributed by atoms with Crippen LogP contribution < -0.4 is 15.5 Å². The minimum atomic E-state index is -4.89. The van der Waals surface area contributed by atoms with E-state index in [-0.39, 0.29) is 0 Å². The van der Waals surface area contributed by atoms with E-state index in [1.54, 1.807) is 5.38 Å². The van der Waals surface area contributed by atoms with Gasteiger partial charge in [-0.05, 0) is 12.3 Å². The summed E-state index contributed by atoms with van der Waals surface area (Å²) in [5.41, 5.74) is 11.9. The smallest absolute Gasteiger partial charge is 0.466 e. The highest BCUT2D eigenvalue weighted by Gasteiger charge is 2.57. The number of alkyl halides is 1. The van der Waals surface area contributed by atoms with E-state index >= 15 is 0 Å². The lowest BCUT2D eigenvalue weighted by atomic mass is 10.0. The summed E-state index contributed by atoms with van der Waals surface area (Å²) in [6.45, 7) is 1.38. The third-order valence-corrected chi connectivity index (χ3v) is 4.48. The van der Waals surface area contributed by atoms with Gasteiger partial charge in [-0.15, -0.1) is 11.3 Å². The topological polar surface area (TPSA) is 368 Å². The van der Waals surface area contributed by atoms with Crippen molar-refractivity contribution in [3.05, 3.63) is 17.3 Å². The Balaban J connectivity index is 0.000000672. The van der Waals surface area contributed by atoms with E-state index in [0.717, 1.165) is 0 Å². The van der Waals surface area contributed by atoms with Gasteiger partial charge in [0.25, 0.3) is 13.5 Å². The van der Waals surface area contributed by atoms with Gasteiger partial charge in [0.15, 0.2) is 11.3 Å². The van der Waals surface area contributed by atoms with Crippen molar-refractivity contribution in [2.24, 2.45) is 5.11 Å². The van der Waals surface area contributed by atoms with Crippen molar-refractivity contribution >= 4 is 50.8 Å². The fourth-order valence-electron chi connectivity index (χ4n) is 2.36. The molecule has 12 N–H and O–H groups in total. The molecule has 1 aliphatic rings. The molecule has 20 nitrogen and oxygen atoms in total. The van der Waals surface area contributed by atoms with Crippen LogP contribution in [0.5, 0.6) is 0 Å². The van der Waals surface area contributed by atoms with E-state index in [2.05, 4.69) is 20.0 Å². The Kier molecular flexibility index (Phi) is 12.6. The molecule has 3 rings (SSSR count). The van der Waals surface area contributed by atoms with E-state index < -0.39 is 47.6 Å². The normalized spacial score (nSPS) is 23.7. The Bertz CT molecular complexity index is 1140. The van der Waals surface area contributed by atoms with Crippen molar-refractivity contribution in [2.75, 3.05) is 5.73 Å². The first-order chi connectivity index (χ1) is 16.0. The predicted octanol–water partition coefficient (Wildman–Crippen LogP) is -2.11. The molecule has 3 heterocycles. The summed E-state index contributed by atoms with van der Waals surface area (Å²) in [5, 5.41) is 15.1. The number of anilines is 1. The Hall–Kier alpha value is -1.67. The Morgan fingerprint density at radius 1 is 1.17 bits per heavy atom. The van der Waals surface area contributed by atoms with E-state index in [9.17, 15) is 9.50 Å². The fourth-order valence-corrected chi connectivity index (χ4v) is 3.31. The summed E-state index contributed by atoms with van der Waals surface area (Å²) in [6, 6.07) is 0. The van der Waals surface area contributed by atoms with Gasteiger partial charge in [0.1, 0.15) is 29.9 Å². The molecule has 206 valence electrons. The molecule has 0 aromatic carbocycles. The Morgan fingerprint density at radius 2 is 1.61 bits per heavy atom. The van der Waals surface area contributed by atoms with Crippen LogP contribution in [0, 0.1) is 5.53 Å². The van der Waals surface area contributed by atoms with Crippen molar-refractivity contribution in [2.45, 2.75) is 31.0 Å². The minimum Gasteiger partial charge on any atom is -0.756 e. The summed E-state index contributed by atoms with van der Waals surface area (Å²) in [7, 11) is -14.2. The third-order valence-electron chi connectivity index (χ3n) is 3.47. The molecule has 0 unspecified atom stereocenters. The van der Waals surface area contributed by atoms with Crippen LogP contribution in [0.3, 0.4) is 0 Å². The number of phosphoric acid groups is 3. The van der Waals surface area contributed by atoms with Gasteiger partial charge in [0.05, 0.1) is 10.2 Å². The van der Waals surface area contributed by atoms with Gasteiger partial charge in [-0.3, -0.25) is 4.57 Å². The number of aliphatic hydroxyl groups excluding tert-OH is 1. The maximum Gasteiger partial charge on any atom is 0.466 e. The summed E-state index contributed by atoms with van der Waals surface area (Å²) < 4.78 is 47.1. The van der Waals surface area contributed by atoms with Gasteiger partial charge >= 0.3 is 15.6 Å². The summed E-state index contributed by atoms with van der Waals surface area (Å²) in [5.74, 6) is 0.304. The Labute approximate surface area is 202 Å². The van der Waals surface area contributed by atoms with Crippen molar-refractivity contribution < 1.29 is 72.0 Å². The molecule has 0 amide bonds. The number of nitrogens with zero attached hydrogens (tertiary/aromatic N) is 4. The van der Waals surface area contributed by atoms with Crippen LogP contribution in [0.15, 0.2) is 16.8 Å². The van der Waals surface area contributed by atoms with Gasteiger partial charge in [-0.2, -0.15) is 0 Å². The van der Waals surface area contributed by atoms with Gasteiger partial charge in [-0.25, -0.2) is 23.5 Å². The number of nitrogens with one attached hydrogen (secondary N) is 1. The monoisotopic (exact) mass is 604 g/mol. The molecule has 0 bridgehead atoms. The second-order valence-corrected chi connectivity index (χ2v) is 10.2. The maximum atomic E-state index is 14.4. The Morgan fingerprint density at radius 3 is 2.03 bits per heavy atom. The summed E-state index contributed by atoms with van der Waals surface area (Å²) in [4.78, 5) is 76.9. The van der Waals surface area contributed by atoms with Crippen molar-refractivity contribution in [3.8, 4) is 0 Å². The first-order valence-corrected chi connectivity index (χ1v) is 13.9. The van der Waals surface area contributed by atoms with Crippen LogP contribution in [0.25, 0.3) is 10.2 Å². The van der Waals surface area contributed by atoms with Gasteiger partial charge in [0.2, 0.25) is 4.91 Å². The average molecular weight is 604 g/mol. The second-order valence-electron chi connectivity index (χ2n) is 6.33. The molecular weight excluding hydrogens is 584 g/mol. The number of hydrogen-bond acceptors (Lipinski definition) is 12. The molecule has 2 aromatic rings. The summed E-state index contributed by atoms with van der Waals surface area (Å²) >= 11 is 1.27. The number of hydrogen-bond donors (Lipinski definition) is 11. The first kappa shape index (κ1) is 34.3. The van der Waals surface area contributed by atoms with E-state index in [4.69, 9.17) is 73.7 Å². The minimum absolute atomic E-state index is 0.304. The molecule has 1 aliphatic heterocycles. The molecule has 2 aromatic heterocycles. The molecule has 25 heteroatoms. The number of nitrogen functional groups attached to an aromatic ring is 1. The number of rotatable bonds is 2. The zero-order valence-electron chi connectivity index (χ0n) is 17.4. The van der Waals surface area contributed by atoms with Crippen LogP contribution in [0.4, 0.5) is 10.2 Å². The molecule has 1 fully saturated rings. The van der Waals surface area contributed by atoms with Gasteiger partial charge < -0.3 is 59.6 Å². The lowest BCUT2D eigenvalue weighted by molar-refractivity contribution is -0.214. The molecule has 0 aliphatic carbocycles. The average Bonchev–Trinajstić information content (AvgIpc) is 3.14. The van der Waals surface area contributed by atoms with Gasteiger partial charge in [-0.1, -0.05) is 0 Å². The lowest BCUT2D eigenvalue weighted by Gasteiger charge is -2.14. The zero-order valence-corrected chi connectivity index (χ0v) is 20.9. The van der Waals surface area contributed by atoms with Crippen molar-refractivity contribution in [3.63, 3.8) is 0 Å². The highest BCUT2D eigenvalue weighted by molar-refractivity contribution is 7.45. The zero-order chi connectivity index (χ0) is 28.7. The molecule has 36 heavy (non-hydrogen) atoms. The van der Waals surface area contributed by atoms with Crippen LogP contribution in [-0.4, -0.2) is 72.2 Å². The van der Waals surface area contributed by atoms with Gasteiger partial charge in [0, 0.05) is 5.56 Å². The van der Waals surface area contributed by atoms with E-state index in [0.29, 0.717) is 21.6 Å². The van der Waals surface area contributed by atoms with Crippen LogP contribution in [0.2, 0.25) is 0 Å².